The summed E-state index contributed by atoms with van der Waals surface area (Å²) in [5, 5.41) is 18.9. The maximum Gasteiger partial charge on any atom is 0.205 e. The number of hydrogen-bond acceptors (Lipinski definition) is 5. The Balaban J connectivity index is 2.67. The van der Waals surface area contributed by atoms with E-state index in [0.717, 1.165) is 0 Å². The fraction of sp³-hybridized carbons (Fsp3) is 0.200. The van der Waals surface area contributed by atoms with Crippen LogP contribution in [0.2, 0.25) is 0 Å². The summed E-state index contributed by atoms with van der Waals surface area (Å²) in [5.41, 5.74) is 6.91. The fourth-order valence-electron chi connectivity index (χ4n) is 2.37. The number of carbonyl (C=O) groups excluding carboxylic acids is 1. The van der Waals surface area contributed by atoms with Crippen LogP contribution in [0.4, 0.5) is 0 Å². The standard InChI is InChI=1S/C15H14N2O3/c1-8(18)13-9(2)20-15(17)12(7-16)14(13)10-4-3-5-11(19)6-10/h3-6,14,19H,17H2,1-2H3/t14-/m1/s1. The summed E-state index contributed by atoms with van der Waals surface area (Å²) < 4.78 is 5.28. The Kier molecular flexibility index (Phi) is 3.49. The van der Waals surface area contributed by atoms with Gasteiger partial charge >= 0.3 is 0 Å². The lowest BCUT2D eigenvalue weighted by Gasteiger charge is -2.26. The van der Waals surface area contributed by atoms with E-state index in [4.69, 9.17) is 10.5 Å². The molecule has 1 aromatic carbocycles. The number of benzene rings is 1. The first kappa shape index (κ1) is 13.7. The average Bonchev–Trinajstić information content (AvgIpc) is 2.37. The van der Waals surface area contributed by atoms with Crippen molar-refractivity contribution < 1.29 is 14.6 Å². The third-order valence-electron chi connectivity index (χ3n) is 3.19. The Morgan fingerprint density at radius 2 is 2.20 bits per heavy atom. The lowest BCUT2D eigenvalue weighted by molar-refractivity contribution is -0.114. The van der Waals surface area contributed by atoms with Gasteiger partial charge in [0.1, 0.15) is 23.2 Å². The summed E-state index contributed by atoms with van der Waals surface area (Å²) in [7, 11) is 0. The summed E-state index contributed by atoms with van der Waals surface area (Å²) >= 11 is 0. The van der Waals surface area contributed by atoms with Crippen molar-refractivity contribution in [1.29, 1.82) is 5.26 Å². The van der Waals surface area contributed by atoms with Gasteiger partial charge in [-0.1, -0.05) is 12.1 Å². The molecule has 1 aromatic rings. The molecule has 0 radical (unpaired) electrons. The minimum absolute atomic E-state index is 0.0108. The molecule has 102 valence electrons. The Hall–Kier alpha value is -2.74. The predicted octanol–water partition coefficient (Wildman–Crippen LogP) is 2.06. The summed E-state index contributed by atoms with van der Waals surface area (Å²) in [4.78, 5) is 11.9. The van der Waals surface area contributed by atoms with Crippen molar-refractivity contribution in [3.05, 3.63) is 52.6 Å². The summed E-state index contributed by atoms with van der Waals surface area (Å²) in [6, 6.07) is 8.40. The van der Waals surface area contributed by atoms with E-state index in [0.29, 0.717) is 16.9 Å². The quantitative estimate of drug-likeness (QED) is 0.857. The molecule has 5 heteroatoms. The van der Waals surface area contributed by atoms with Crippen LogP contribution >= 0.6 is 0 Å². The van der Waals surface area contributed by atoms with E-state index >= 15 is 0 Å². The number of ketones is 1. The Morgan fingerprint density at radius 1 is 1.50 bits per heavy atom. The summed E-state index contributed by atoms with van der Waals surface area (Å²) in [5.74, 6) is -0.384. The van der Waals surface area contributed by atoms with Crippen molar-refractivity contribution in [2.45, 2.75) is 19.8 Å². The fourth-order valence-corrected chi connectivity index (χ4v) is 2.37. The number of allylic oxidation sites excluding steroid dienone is 3. The van der Waals surface area contributed by atoms with Gasteiger partial charge < -0.3 is 15.6 Å². The topological polar surface area (TPSA) is 96.3 Å². The molecule has 0 amide bonds. The third-order valence-corrected chi connectivity index (χ3v) is 3.19. The molecular weight excluding hydrogens is 256 g/mol. The van der Waals surface area contributed by atoms with E-state index in [2.05, 4.69) is 0 Å². The minimum atomic E-state index is -0.613. The normalized spacial score (nSPS) is 18.6. The maximum atomic E-state index is 11.9. The van der Waals surface area contributed by atoms with E-state index < -0.39 is 5.92 Å². The van der Waals surface area contributed by atoms with Crippen LogP contribution in [-0.4, -0.2) is 10.9 Å². The van der Waals surface area contributed by atoms with Crippen LogP contribution in [0.25, 0.3) is 0 Å². The monoisotopic (exact) mass is 270 g/mol. The smallest absolute Gasteiger partial charge is 0.205 e. The van der Waals surface area contributed by atoms with E-state index in [9.17, 15) is 15.2 Å². The van der Waals surface area contributed by atoms with Gasteiger partial charge in [0.15, 0.2) is 5.78 Å². The van der Waals surface area contributed by atoms with Crippen molar-refractivity contribution in [1.82, 2.24) is 0 Å². The van der Waals surface area contributed by atoms with Crippen LogP contribution in [0, 0.1) is 11.3 Å². The van der Waals surface area contributed by atoms with Gasteiger partial charge in [-0.3, -0.25) is 4.79 Å². The molecule has 0 saturated heterocycles. The molecule has 20 heavy (non-hydrogen) atoms. The van der Waals surface area contributed by atoms with Crippen molar-refractivity contribution in [3.63, 3.8) is 0 Å². The summed E-state index contributed by atoms with van der Waals surface area (Å²) in [6.45, 7) is 3.04. The van der Waals surface area contributed by atoms with Gasteiger partial charge in [0.25, 0.3) is 0 Å². The Morgan fingerprint density at radius 3 is 2.75 bits per heavy atom. The third kappa shape index (κ3) is 2.24. The molecule has 3 N–H and O–H groups in total. The van der Waals surface area contributed by atoms with Crippen molar-refractivity contribution in [3.8, 4) is 11.8 Å². The van der Waals surface area contributed by atoms with Gasteiger partial charge in [0.05, 0.1) is 5.92 Å². The number of phenolic OH excluding ortho intramolecular Hbond substituents is 1. The molecule has 0 aromatic heterocycles. The zero-order valence-corrected chi connectivity index (χ0v) is 11.2. The number of Topliss-reactive ketones (excluding diaryl/α,β-unsaturated/α-hetero) is 1. The second-order valence-corrected chi connectivity index (χ2v) is 4.55. The minimum Gasteiger partial charge on any atom is -0.508 e. The Bertz CT molecular complexity index is 681. The number of aromatic hydroxyl groups is 1. The second kappa shape index (κ2) is 5.10. The average molecular weight is 270 g/mol. The molecule has 5 nitrogen and oxygen atoms in total. The number of phenols is 1. The van der Waals surface area contributed by atoms with Crippen LogP contribution in [0.5, 0.6) is 5.75 Å². The number of rotatable bonds is 2. The molecule has 0 saturated carbocycles. The zero-order chi connectivity index (χ0) is 14.9. The van der Waals surface area contributed by atoms with Crippen LogP contribution in [0.1, 0.15) is 25.3 Å². The maximum absolute atomic E-state index is 11.9. The summed E-state index contributed by atoms with van der Waals surface area (Å²) in [6.07, 6.45) is 0. The number of nitrogens with zero attached hydrogens (tertiary/aromatic N) is 1. The highest BCUT2D eigenvalue weighted by Crippen LogP contribution is 2.39. The first-order valence-corrected chi connectivity index (χ1v) is 6.04. The van der Waals surface area contributed by atoms with Gasteiger partial charge in [0, 0.05) is 5.57 Å². The van der Waals surface area contributed by atoms with Gasteiger partial charge in [-0.25, -0.2) is 0 Å². The van der Waals surface area contributed by atoms with Crippen LogP contribution in [0.3, 0.4) is 0 Å². The molecule has 0 fully saturated rings. The highest BCUT2D eigenvalue weighted by Gasteiger charge is 2.33. The molecular formula is C15H14N2O3. The van der Waals surface area contributed by atoms with Crippen molar-refractivity contribution in [2.24, 2.45) is 5.73 Å². The SMILES string of the molecule is CC(=O)C1=C(C)OC(N)=C(C#N)[C@H]1c1cccc(O)c1. The van der Waals surface area contributed by atoms with Crippen molar-refractivity contribution in [2.75, 3.05) is 0 Å². The second-order valence-electron chi connectivity index (χ2n) is 4.55. The molecule has 1 atom stereocenters. The molecule has 1 aliphatic rings. The van der Waals surface area contributed by atoms with Gasteiger partial charge in [-0.05, 0) is 31.5 Å². The highest BCUT2D eigenvalue weighted by atomic mass is 16.5. The van der Waals surface area contributed by atoms with Crippen LogP contribution in [-0.2, 0) is 9.53 Å². The van der Waals surface area contributed by atoms with E-state index in [1.54, 1.807) is 19.1 Å². The molecule has 0 bridgehead atoms. The Labute approximate surface area is 116 Å². The molecule has 0 aliphatic carbocycles. The molecule has 0 spiro atoms. The van der Waals surface area contributed by atoms with Gasteiger partial charge in [-0.15, -0.1) is 0 Å². The molecule has 1 aliphatic heterocycles. The van der Waals surface area contributed by atoms with Gasteiger partial charge in [-0.2, -0.15) is 5.26 Å². The molecule has 0 unspecified atom stereocenters. The lowest BCUT2D eigenvalue weighted by Crippen LogP contribution is -2.23. The van der Waals surface area contributed by atoms with Gasteiger partial charge in [0.2, 0.25) is 5.88 Å². The number of nitrogens with two attached hydrogens (primary N) is 1. The number of hydrogen-bond donors (Lipinski definition) is 2. The molecule has 2 rings (SSSR count). The van der Waals surface area contributed by atoms with E-state index in [1.165, 1.54) is 19.1 Å². The predicted molar refractivity (Wildman–Crippen MR) is 72.1 cm³/mol. The first-order valence-electron chi connectivity index (χ1n) is 6.04. The zero-order valence-electron chi connectivity index (χ0n) is 11.2. The van der Waals surface area contributed by atoms with Crippen LogP contribution in [0.15, 0.2) is 47.1 Å². The number of carbonyl (C=O) groups is 1. The first-order chi connectivity index (χ1) is 9.45. The van der Waals surface area contributed by atoms with Crippen molar-refractivity contribution >= 4 is 5.78 Å². The van der Waals surface area contributed by atoms with Crippen LogP contribution < -0.4 is 5.73 Å². The number of nitriles is 1. The van der Waals surface area contributed by atoms with E-state index in [-0.39, 0.29) is 23.0 Å². The highest BCUT2D eigenvalue weighted by molar-refractivity contribution is 5.96. The molecule has 1 heterocycles. The number of ether oxygens (including phenoxy) is 1. The lowest BCUT2D eigenvalue weighted by atomic mass is 9.81. The largest absolute Gasteiger partial charge is 0.508 e. The van der Waals surface area contributed by atoms with E-state index in [1.807, 2.05) is 6.07 Å².